The van der Waals surface area contributed by atoms with Crippen LogP contribution < -0.4 is 10.1 Å². The van der Waals surface area contributed by atoms with Gasteiger partial charge in [0.2, 0.25) is 5.01 Å². The number of nitrogens with one attached hydrogen (secondary N) is 1. The Labute approximate surface area is 161 Å². The first-order valence-electron chi connectivity index (χ1n) is 8.39. The van der Waals surface area contributed by atoms with Gasteiger partial charge in [-0.05, 0) is 24.3 Å². The molecule has 0 radical (unpaired) electrons. The smallest absolute Gasteiger partial charge is 0.430 e. The molecule has 1 aliphatic rings. The second kappa shape index (κ2) is 7.32. The van der Waals surface area contributed by atoms with E-state index < -0.39 is 11.2 Å². The Balaban J connectivity index is 1.53. The normalized spacial score (nSPS) is 15.0. The second-order valence-corrected chi connectivity index (χ2v) is 7.01. The topological polar surface area (TPSA) is 80.2 Å². The summed E-state index contributed by atoms with van der Waals surface area (Å²) in [7, 11) is 0. The average Bonchev–Trinajstić information content (AvgIpc) is 3.17. The number of nitrogens with zero attached hydrogens (tertiary/aromatic N) is 4. The van der Waals surface area contributed by atoms with Crippen LogP contribution in [0.1, 0.15) is 15.5 Å². The molecule has 0 atom stereocenters. The van der Waals surface area contributed by atoms with Crippen molar-refractivity contribution in [3.8, 4) is 10.9 Å². The quantitative estimate of drug-likeness (QED) is 0.717. The average molecular weight is 409 g/mol. The highest BCUT2D eigenvalue weighted by Crippen LogP contribution is 2.35. The summed E-state index contributed by atoms with van der Waals surface area (Å²) >= 11 is 0.322. The van der Waals surface area contributed by atoms with Crippen molar-refractivity contribution in [1.29, 1.82) is 0 Å². The Morgan fingerprint density at radius 2 is 1.93 bits per heavy atom. The molecule has 11 heteroatoms. The molecule has 146 valence electrons. The molecule has 1 aromatic carbocycles. The van der Waals surface area contributed by atoms with Crippen molar-refractivity contribution in [2.24, 2.45) is 0 Å². The molecule has 1 saturated heterocycles. The molecular formula is C17H14F3N5O2S. The van der Waals surface area contributed by atoms with E-state index in [-0.39, 0.29) is 11.1 Å². The van der Waals surface area contributed by atoms with E-state index in [1.165, 1.54) is 0 Å². The van der Waals surface area contributed by atoms with Crippen LogP contribution in [0.4, 0.5) is 13.2 Å². The van der Waals surface area contributed by atoms with Crippen LogP contribution in [0.2, 0.25) is 0 Å². The minimum atomic E-state index is -4.56. The molecule has 1 N–H and O–H groups in total. The van der Waals surface area contributed by atoms with Crippen molar-refractivity contribution in [3.05, 3.63) is 41.0 Å². The van der Waals surface area contributed by atoms with E-state index in [4.69, 9.17) is 4.74 Å². The fourth-order valence-electron chi connectivity index (χ4n) is 2.78. The number of hydrogen-bond donors (Lipinski definition) is 1. The minimum Gasteiger partial charge on any atom is -0.430 e. The van der Waals surface area contributed by atoms with Crippen molar-refractivity contribution in [3.63, 3.8) is 0 Å². The maximum atomic E-state index is 12.6. The number of aromatic nitrogens is 3. The van der Waals surface area contributed by atoms with Crippen LogP contribution in [0, 0.1) is 0 Å². The van der Waals surface area contributed by atoms with Gasteiger partial charge in [0.05, 0.1) is 5.52 Å². The Hall–Kier alpha value is -2.79. The zero-order chi connectivity index (χ0) is 19.7. The third kappa shape index (κ3) is 3.90. The van der Waals surface area contributed by atoms with Crippen molar-refractivity contribution in [2.75, 3.05) is 26.2 Å². The molecule has 7 nitrogen and oxygen atoms in total. The molecule has 4 rings (SSSR count). The van der Waals surface area contributed by atoms with E-state index in [0.29, 0.717) is 46.8 Å². The summed E-state index contributed by atoms with van der Waals surface area (Å²) in [4.78, 5) is 18.7. The van der Waals surface area contributed by atoms with Crippen LogP contribution in [-0.4, -0.2) is 52.2 Å². The number of piperazine rings is 1. The molecule has 0 spiro atoms. The first-order valence-corrected chi connectivity index (χ1v) is 9.21. The molecular weight excluding hydrogens is 395 g/mol. The highest BCUT2D eigenvalue weighted by atomic mass is 32.1. The van der Waals surface area contributed by atoms with Crippen molar-refractivity contribution in [2.45, 2.75) is 6.18 Å². The van der Waals surface area contributed by atoms with Gasteiger partial charge < -0.3 is 15.0 Å². The summed E-state index contributed by atoms with van der Waals surface area (Å²) < 4.78 is 43.2. The number of carbonyl (C=O) groups is 1. The molecule has 28 heavy (non-hydrogen) atoms. The Morgan fingerprint density at radius 1 is 1.14 bits per heavy atom. The van der Waals surface area contributed by atoms with E-state index in [1.54, 1.807) is 35.2 Å². The van der Waals surface area contributed by atoms with Crippen LogP contribution >= 0.6 is 11.3 Å². The van der Waals surface area contributed by atoms with Crippen molar-refractivity contribution < 1.29 is 22.7 Å². The molecule has 2 aromatic heterocycles. The largest absolute Gasteiger partial charge is 0.445 e. The molecule has 1 amide bonds. The monoisotopic (exact) mass is 409 g/mol. The summed E-state index contributed by atoms with van der Waals surface area (Å²) in [5.74, 6) is 0.178. The summed E-state index contributed by atoms with van der Waals surface area (Å²) in [6, 6.07) is 8.18. The van der Waals surface area contributed by atoms with Gasteiger partial charge in [-0.25, -0.2) is 4.98 Å². The third-order valence-electron chi connectivity index (χ3n) is 4.14. The van der Waals surface area contributed by atoms with Gasteiger partial charge in [0.15, 0.2) is 0 Å². The first kappa shape index (κ1) is 18.6. The van der Waals surface area contributed by atoms with Crippen LogP contribution in [0.25, 0.3) is 10.9 Å². The number of alkyl halides is 3. The van der Waals surface area contributed by atoms with E-state index in [2.05, 4.69) is 20.5 Å². The molecule has 3 aromatic rings. The highest BCUT2D eigenvalue weighted by molar-refractivity contribution is 7.13. The summed E-state index contributed by atoms with van der Waals surface area (Å²) in [5, 5.41) is 9.09. The van der Waals surface area contributed by atoms with Gasteiger partial charge in [-0.3, -0.25) is 4.79 Å². The van der Waals surface area contributed by atoms with Gasteiger partial charge in [-0.2, -0.15) is 13.2 Å². The van der Waals surface area contributed by atoms with E-state index in [9.17, 15) is 18.0 Å². The zero-order valence-corrected chi connectivity index (χ0v) is 15.2. The van der Waals surface area contributed by atoms with Crippen LogP contribution in [0.5, 0.6) is 10.9 Å². The van der Waals surface area contributed by atoms with Gasteiger partial charge in [-0.1, -0.05) is 22.5 Å². The van der Waals surface area contributed by atoms with Crippen LogP contribution in [0.15, 0.2) is 30.3 Å². The van der Waals surface area contributed by atoms with Gasteiger partial charge in [0.25, 0.3) is 11.1 Å². The molecule has 0 bridgehead atoms. The highest BCUT2D eigenvalue weighted by Gasteiger charge is 2.36. The molecule has 3 heterocycles. The number of rotatable bonds is 3. The maximum absolute atomic E-state index is 12.6. The minimum absolute atomic E-state index is 0.128. The number of ether oxygens (including phenoxy) is 1. The third-order valence-corrected chi connectivity index (χ3v) is 4.98. The van der Waals surface area contributed by atoms with Gasteiger partial charge >= 0.3 is 6.18 Å². The summed E-state index contributed by atoms with van der Waals surface area (Å²) in [6.07, 6.45) is -4.56. The fraction of sp³-hybridized carbons (Fsp3) is 0.294. The number of halogens is 3. The van der Waals surface area contributed by atoms with Crippen LogP contribution in [-0.2, 0) is 6.18 Å². The van der Waals surface area contributed by atoms with E-state index >= 15 is 0 Å². The SMILES string of the molecule is O=C(c1ccc2cc(Oc3nnc(C(F)(F)F)s3)ccc2n1)N1CCNCC1. The number of hydrogen-bond acceptors (Lipinski definition) is 7. The van der Waals surface area contributed by atoms with Crippen LogP contribution in [0.3, 0.4) is 0 Å². The number of amides is 1. The summed E-state index contributed by atoms with van der Waals surface area (Å²) in [5.41, 5.74) is 0.934. The van der Waals surface area contributed by atoms with Crippen molar-refractivity contribution in [1.82, 2.24) is 25.4 Å². The Morgan fingerprint density at radius 3 is 2.64 bits per heavy atom. The number of carbonyl (C=O) groups excluding carboxylic acids is 1. The number of pyridine rings is 1. The summed E-state index contributed by atoms with van der Waals surface area (Å²) in [6.45, 7) is 2.77. The number of benzene rings is 1. The van der Waals surface area contributed by atoms with E-state index in [1.807, 2.05) is 0 Å². The fourth-order valence-corrected chi connectivity index (χ4v) is 3.36. The molecule has 0 unspecified atom stereocenters. The Kier molecular flexibility index (Phi) is 4.85. The Bertz CT molecular complexity index is 1020. The lowest BCUT2D eigenvalue weighted by molar-refractivity contribution is -0.138. The first-order chi connectivity index (χ1) is 13.4. The van der Waals surface area contributed by atoms with Gasteiger partial charge in [-0.15, -0.1) is 5.10 Å². The second-order valence-electron chi connectivity index (χ2n) is 6.07. The predicted molar refractivity (Wildman–Crippen MR) is 95.5 cm³/mol. The molecule has 1 fully saturated rings. The maximum Gasteiger partial charge on any atom is 0.445 e. The van der Waals surface area contributed by atoms with E-state index in [0.717, 1.165) is 13.1 Å². The molecule has 0 aliphatic carbocycles. The zero-order valence-electron chi connectivity index (χ0n) is 14.4. The standard InChI is InChI=1S/C17H14F3N5O2S/c18-17(19,20)15-23-24-16(28-15)27-11-2-4-12-10(9-11)1-3-13(22-12)14(26)25-7-5-21-6-8-25/h1-4,9,21H,5-8H2. The lowest BCUT2D eigenvalue weighted by Gasteiger charge is -2.27. The van der Waals surface area contributed by atoms with Crippen molar-refractivity contribution >= 4 is 28.1 Å². The van der Waals surface area contributed by atoms with Gasteiger partial charge in [0.1, 0.15) is 11.4 Å². The molecule has 0 saturated carbocycles. The molecule has 1 aliphatic heterocycles. The lowest BCUT2D eigenvalue weighted by Crippen LogP contribution is -2.46. The lowest BCUT2D eigenvalue weighted by atomic mass is 10.2. The predicted octanol–water partition coefficient (Wildman–Crippen LogP) is 2.94. The number of fused-ring (bicyclic) bond motifs is 1. The van der Waals surface area contributed by atoms with Gasteiger partial charge in [0, 0.05) is 31.6 Å².